The molecule has 0 N–H and O–H groups in total. The Morgan fingerprint density at radius 1 is 0.347 bits per heavy atom. The molecule has 302 valence electrons. The molecular formula is C32H70F12P5+5. The zero-order valence-electron chi connectivity index (χ0n) is 32.7. The third kappa shape index (κ3) is 23.7. The molecule has 0 nitrogen and oxygen atoms in total. The summed E-state index contributed by atoms with van der Waals surface area (Å²) < 4.78 is 150. The Hall–Kier alpha value is 1.31. The first-order valence-corrected chi connectivity index (χ1v) is 31.0. The molecule has 0 radical (unpaired) electrons. The van der Waals surface area contributed by atoms with E-state index in [0.717, 1.165) is 44.7 Å². The lowest BCUT2D eigenvalue weighted by Crippen LogP contribution is -2.24. The Morgan fingerprint density at radius 2 is 0.612 bits per heavy atom. The van der Waals surface area contributed by atoms with Crippen molar-refractivity contribution >= 4 is 36.3 Å². The average Bonchev–Trinajstić information content (AvgIpc) is 2.90. The fourth-order valence-corrected chi connectivity index (χ4v) is 15.3. The van der Waals surface area contributed by atoms with E-state index < -0.39 is 60.0 Å². The smallest absolute Gasteiger partial charge is 0.135 e. The van der Waals surface area contributed by atoms with Gasteiger partial charge in [0.05, 0.1) is 76.5 Å². The third-order valence-electron chi connectivity index (χ3n) is 8.49. The normalized spacial score (nSPS) is 13.8. The third-order valence-corrected chi connectivity index (χ3v) is 23.9. The summed E-state index contributed by atoms with van der Waals surface area (Å²) >= 11 is 0. The van der Waals surface area contributed by atoms with Crippen molar-refractivity contribution in [1.29, 1.82) is 0 Å². The van der Waals surface area contributed by atoms with E-state index in [4.69, 9.17) is 0 Å². The molecule has 0 aromatic heterocycles. The molecule has 0 saturated carbocycles. The van der Waals surface area contributed by atoms with Crippen molar-refractivity contribution in [3.05, 3.63) is 0 Å². The van der Waals surface area contributed by atoms with Crippen LogP contribution in [0, 0.1) is 0 Å². The van der Waals surface area contributed by atoms with E-state index in [0.29, 0.717) is 43.1 Å². The van der Waals surface area contributed by atoms with Gasteiger partial charge in [0.2, 0.25) is 0 Å². The fraction of sp³-hybridized carbons (Fsp3) is 1.00. The Kier molecular flexibility index (Phi) is 27.9. The largest absolute Gasteiger partial charge is 0.508 e. The second-order valence-corrected chi connectivity index (χ2v) is 37.5. The zero-order chi connectivity index (χ0) is 40.4. The second-order valence-electron chi connectivity index (χ2n) is 14.8. The van der Waals surface area contributed by atoms with Gasteiger partial charge in [-0.2, -0.15) is 0 Å². The lowest BCUT2D eigenvalue weighted by Gasteiger charge is -2.28. The van der Waals surface area contributed by atoms with E-state index in [2.05, 4.69) is 20.0 Å². The van der Waals surface area contributed by atoms with E-state index in [1.807, 2.05) is 20.8 Å². The molecule has 0 fully saturated rings. The van der Waals surface area contributed by atoms with Crippen molar-refractivity contribution in [3.8, 4) is 0 Å². The molecule has 49 heavy (non-hydrogen) atoms. The van der Waals surface area contributed by atoms with Gasteiger partial charge < -0.3 is 0 Å². The van der Waals surface area contributed by atoms with Crippen LogP contribution in [0.3, 0.4) is 0 Å². The molecule has 0 aliphatic carbocycles. The second kappa shape index (κ2) is 24.0. The number of hydrogen-bond acceptors (Lipinski definition) is 0. The molecule has 0 saturated heterocycles. The quantitative estimate of drug-likeness (QED) is 0.114. The highest BCUT2D eigenvalue weighted by Crippen LogP contribution is 2.73. The van der Waals surface area contributed by atoms with E-state index in [-0.39, 0.29) is 0 Å². The van der Waals surface area contributed by atoms with Crippen LogP contribution in [0.4, 0.5) is 52.7 Å². The Morgan fingerprint density at radius 3 is 0.735 bits per heavy atom. The summed E-state index contributed by atoms with van der Waals surface area (Å²) in [4.78, 5) is 0. The molecule has 0 aromatic carbocycles. The van der Waals surface area contributed by atoms with Crippen molar-refractivity contribution in [2.24, 2.45) is 0 Å². The Bertz CT molecular complexity index is 777. The first kappa shape index (κ1) is 57.0. The molecule has 0 aliphatic rings. The van der Waals surface area contributed by atoms with Crippen LogP contribution in [-0.2, 0) is 0 Å². The van der Waals surface area contributed by atoms with Gasteiger partial charge in [0.1, 0.15) is 35.2 Å². The van der Waals surface area contributed by atoms with Crippen LogP contribution in [0.15, 0.2) is 0 Å². The predicted octanol–water partition coefficient (Wildman–Crippen LogP) is 15.6. The minimum absolute atomic E-state index is 0.295. The summed E-state index contributed by atoms with van der Waals surface area (Å²) in [6.45, 7) is 23.7. The number of halogens is 12. The molecule has 0 aromatic rings. The van der Waals surface area contributed by atoms with Crippen LogP contribution in [0.5, 0.6) is 0 Å². The fourth-order valence-electron chi connectivity index (χ4n) is 3.98. The van der Waals surface area contributed by atoms with Gasteiger partial charge in [-0.3, -0.25) is 0 Å². The number of alkyl halides is 12. The summed E-state index contributed by atoms with van der Waals surface area (Å²) in [6, 6.07) is 0. The zero-order valence-corrected chi connectivity index (χ0v) is 37.1. The van der Waals surface area contributed by atoms with Crippen molar-refractivity contribution < 1.29 is 52.7 Å². The summed E-state index contributed by atoms with van der Waals surface area (Å²) in [5, 5.41) is 0. The Labute approximate surface area is 294 Å². The van der Waals surface area contributed by atoms with Crippen LogP contribution in [-0.4, -0.2) is 126 Å². The molecule has 0 spiro atoms. The van der Waals surface area contributed by atoms with Gasteiger partial charge in [-0.1, -0.05) is 40.0 Å². The topological polar surface area (TPSA) is 0 Å². The lowest BCUT2D eigenvalue weighted by atomic mass is 10.4. The van der Waals surface area contributed by atoms with Crippen LogP contribution in [0.2, 0.25) is 0 Å². The average molecular weight is 838 g/mol. The molecule has 0 unspecified atom stereocenters. The molecule has 0 aliphatic heterocycles. The van der Waals surface area contributed by atoms with Crippen molar-refractivity contribution in [3.63, 3.8) is 0 Å². The van der Waals surface area contributed by atoms with Crippen LogP contribution >= 0.6 is 36.3 Å². The van der Waals surface area contributed by atoms with Gasteiger partial charge in [0.25, 0.3) is 0 Å². The summed E-state index contributed by atoms with van der Waals surface area (Å²) in [7, 11) is -11.7. The maximum Gasteiger partial charge on any atom is 0.508 e. The van der Waals surface area contributed by atoms with E-state index in [1.165, 1.54) is 33.3 Å². The Balaban J connectivity index is -0.000000285. The monoisotopic (exact) mass is 837 g/mol. The summed E-state index contributed by atoms with van der Waals surface area (Å²) in [6.07, 6.45) is 8.09. The minimum atomic E-state index is -3.96. The van der Waals surface area contributed by atoms with E-state index in [1.54, 1.807) is 20.8 Å². The van der Waals surface area contributed by atoms with E-state index in [9.17, 15) is 52.7 Å². The molecular weight excluding hydrogens is 767 g/mol. The molecule has 0 bridgehead atoms. The van der Waals surface area contributed by atoms with E-state index >= 15 is 0 Å². The highest BCUT2D eigenvalue weighted by Gasteiger charge is 2.61. The van der Waals surface area contributed by atoms with Gasteiger partial charge in [-0.15, -0.1) is 52.7 Å². The summed E-state index contributed by atoms with van der Waals surface area (Å²) in [5.74, 6) is -15.8. The number of rotatable bonds is 15. The lowest BCUT2D eigenvalue weighted by molar-refractivity contribution is -0.0448. The molecule has 17 heteroatoms. The van der Waals surface area contributed by atoms with Crippen molar-refractivity contribution in [1.82, 2.24) is 0 Å². The highest BCUT2D eigenvalue weighted by molar-refractivity contribution is 7.78. The van der Waals surface area contributed by atoms with Crippen LogP contribution in [0.1, 0.15) is 80.1 Å². The number of unbranched alkanes of at least 4 members (excludes halogenated alkanes) is 3. The highest BCUT2D eigenvalue weighted by atomic mass is 31.2. The first-order valence-electron chi connectivity index (χ1n) is 17.0. The van der Waals surface area contributed by atoms with Crippen LogP contribution in [0.25, 0.3) is 0 Å². The molecule has 0 amide bonds. The van der Waals surface area contributed by atoms with Crippen LogP contribution < -0.4 is 0 Å². The molecule has 0 heterocycles. The van der Waals surface area contributed by atoms with Gasteiger partial charge in [0.15, 0.2) is 0 Å². The molecule has 0 atom stereocenters. The molecule has 0 rings (SSSR count). The van der Waals surface area contributed by atoms with Crippen molar-refractivity contribution in [2.45, 2.75) is 104 Å². The maximum atomic E-state index is 13.4. The summed E-state index contributed by atoms with van der Waals surface area (Å²) in [5.41, 5.74) is 0. The van der Waals surface area contributed by atoms with Gasteiger partial charge >= 0.3 is 23.7 Å². The van der Waals surface area contributed by atoms with Crippen molar-refractivity contribution in [2.75, 3.05) is 103 Å². The first-order chi connectivity index (χ1) is 21.6. The standard InChI is InChI=1S/C13H27F3P.C8H19F3P2.C7H15F3P.C4H9F3P/c1-4-7-10-17(11-8-5-2,12-9-6-3)13(14,15)16;1-12(2,3)6-7-13(4,5)8(9,10)11;1-4-11(5-2,6-3)7(8,9)10;1-8(2,3)4(5,6)7/h4-12H2,1-3H3;6-7H2,1-5H3;4-6H2,1-3H3;1-3H3/q+1;+2;2*+1. The van der Waals surface area contributed by atoms with Gasteiger partial charge in [0, 0.05) is 27.3 Å². The predicted molar refractivity (Wildman–Crippen MR) is 207 cm³/mol. The van der Waals surface area contributed by atoms with Gasteiger partial charge in [-0.25, -0.2) is 0 Å². The minimum Gasteiger partial charge on any atom is -0.135 e. The SMILES string of the molecule is CCCC[P+](CCCC)(CCCC)C(F)(F)F.CC[P+](CC)(CC)C(F)(F)F.C[P+](C)(C)C(F)(F)F.C[P+](C)(C)CC[P+](C)(C)C(F)(F)F. The maximum absolute atomic E-state index is 13.4. The van der Waals surface area contributed by atoms with Gasteiger partial charge in [-0.05, 0) is 40.0 Å². The number of hydrogen-bond donors (Lipinski definition) is 0.